The number of hydrogen-bond donors (Lipinski definition) is 1. The Labute approximate surface area is 114 Å². The predicted octanol–water partition coefficient (Wildman–Crippen LogP) is 3.98. The van der Waals surface area contributed by atoms with Gasteiger partial charge in [0.15, 0.2) is 0 Å². The summed E-state index contributed by atoms with van der Waals surface area (Å²) in [4.78, 5) is 0. The Morgan fingerprint density at radius 3 is 2.50 bits per heavy atom. The molecule has 0 spiro atoms. The standard InChI is InChI=1S/C16H33NO/c1-13(2)15-9-8-14(3)12-16(15)18-11-7-5-4-6-10-17/h13-16H,4-12,17H2,1-3H3. The third-order valence-corrected chi connectivity index (χ3v) is 4.39. The van der Waals surface area contributed by atoms with Gasteiger partial charge in [0.05, 0.1) is 6.10 Å². The van der Waals surface area contributed by atoms with Crippen molar-refractivity contribution >= 4 is 0 Å². The summed E-state index contributed by atoms with van der Waals surface area (Å²) in [6.45, 7) is 8.84. The Morgan fingerprint density at radius 2 is 1.83 bits per heavy atom. The molecule has 0 aromatic heterocycles. The Kier molecular flexibility index (Phi) is 7.92. The number of unbranched alkanes of at least 4 members (excludes halogenated alkanes) is 3. The van der Waals surface area contributed by atoms with Crippen molar-refractivity contribution in [1.82, 2.24) is 0 Å². The molecule has 3 atom stereocenters. The van der Waals surface area contributed by atoms with Crippen LogP contribution >= 0.6 is 0 Å². The van der Waals surface area contributed by atoms with E-state index in [0.29, 0.717) is 6.10 Å². The van der Waals surface area contributed by atoms with Crippen molar-refractivity contribution in [3.63, 3.8) is 0 Å². The number of nitrogens with two attached hydrogens (primary N) is 1. The summed E-state index contributed by atoms with van der Waals surface area (Å²) in [6.07, 6.45) is 9.43. The van der Waals surface area contributed by atoms with E-state index in [4.69, 9.17) is 10.5 Å². The molecule has 0 aromatic rings. The van der Waals surface area contributed by atoms with Crippen LogP contribution in [0, 0.1) is 17.8 Å². The van der Waals surface area contributed by atoms with Crippen molar-refractivity contribution in [3.8, 4) is 0 Å². The lowest BCUT2D eigenvalue weighted by Crippen LogP contribution is -2.34. The molecule has 1 aliphatic carbocycles. The van der Waals surface area contributed by atoms with Crippen molar-refractivity contribution < 1.29 is 4.74 Å². The summed E-state index contributed by atoms with van der Waals surface area (Å²) in [6, 6.07) is 0. The fraction of sp³-hybridized carbons (Fsp3) is 1.00. The third kappa shape index (κ3) is 5.71. The Balaban J connectivity index is 2.20. The first-order valence-electron chi connectivity index (χ1n) is 7.96. The van der Waals surface area contributed by atoms with Crippen LogP contribution in [0.5, 0.6) is 0 Å². The van der Waals surface area contributed by atoms with Gasteiger partial charge in [-0.2, -0.15) is 0 Å². The van der Waals surface area contributed by atoms with Crippen LogP contribution in [0.3, 0.4) is 0 Å². The van der Waals surface area contributed by atoms with Crippen LogP contribution in [0.25, 0.3) is 0 Å². The van der Waals surface area contributed by atoms with Gasteiger partial charge in [-0.3, -0.25) is 0 Å². The van der Waals surface area contributed by atoms with Crippen molar-refractivity contribution in [3.05, 3.63) is 0 Å². The second-order valence-electron chi connectivity index (χ2n) is 6.44. The van der Waals surface area contributed by atoms with Gasteiger partial charge in [0.25, 0.3) is 0 Å². The van der Waals surface area contributed by atoms with Gasteiger partial charge in [-0.1, -0.05) is 40.0 Å². The summed E-state index contributed by atoms with van der Waals surface area (Å²) >= 11 is 0. The molecule has 3 unspecified atom stereocenters. The smallest absolute Gasteiger partial charge is 0.0608 e. The molecule has 0 heterocycles. The predicted molar refractivity (Wildman–Crippen MR) is 78.6 cm³/mol. The van der Waals surface area contributed by atoms with Gasteiger partial charge in [0, 0.05) is 6.61 Å². The molecule has 2 heteroatoms. The van der Waals surface area contributed by atoms with E-state index in [1.54, 1.807) is 0 Å². The van der Waals surface area contributed by atoms with Gasteiger partial charge in [0.2, 0.25) is 0 Å². The van der Waals surface area contributed by atoms with Crippen molar-refractivity contribution in [2.45, 2.75) is 71.8 Å². The van der Waals surface area contributed by atoms with Gasteiger partial charge < -0.3 is 10.5 Å². The highest BCUT2D eigenvalue weighted by Gasteiger charge is 2.31. The van der Waals surface area contributed by atoms with Crippen molar-refractivity contribution in [2.24, 2.45) is 23.5 Å². The molecule has 1 saturated carbocycles. The zero-order valence-corrected chi connectivity index (χ0v) is 12.7. The maximum Gasteiger partial charge on any atom is 0.0608 e. The maximum atomic E-state index is 6.18. The van der Waals surface area contributed by atoms with Crippen LogP contribution in [-0.4, -0.2) is 19.3 Å². The first-order chi connectivity index (χ1) is 8.65. The largest absolute Gasteiger partial charge is 0.378 e. The van der Waals surface area contributed by atoms with Crippen molar-refractivity contribution in [1.29, 1.82) is 0 Å². The summed E-state index contributed by atoms with van der Waals surface area (Å²) in [5.41, 5.74) is 5.50. The van der Waals surface area contributed by atoms with E-state index in [0.717, 1.165) is 37.3 Å². The minimum atomic E-state index is 0.517. The van der Waals surface area contributed by atoms with Gasteiger partial charge in [-0.15, -0.1) is 0 Å². The molecule has 108 valence electrons. The Morgan fingerprint density at radius 1 is 1.11 bits per heavy atom. The average Bonchev–Trinajstić information content (AvgIpc) is 2.33. The van der Waals surface area contributed by atoms with Gasteiger partial charge in [0.1, 0.15) is 0 Å². The summed E-state index contributed by atoms with van der Waals surface area (Å²) in [7, 11) is 0. The average molecular weight is 255 g/mol. The number of rotatable bonds is 8. The van der Waals surface area contributed by atoms with E-state index < -0.39 is 0 Å². The molecule has 2 N–H and O–H groups in total. The fourth-order valence-electron chi connectivity index (χ4n) is 3.14. The molecule has 1 fully saturated rings. The zero-order valence-electron chi connectivity index (χ0n) is 12.7. The van der Waals surface area contributed by atoms with E-state index in [1.807, 2.05) is 0 Å². The molecule has 0 amide bonds. The second-order valence-corrected chi connectivity index (χ2v) is 6.44. The maximum absolute atomic E-state index is 6.18. The van der Waals surface area contributed by atoms with Crippen LogP contribution in [0.15, 0.2) is 0 Å². The van der Waals surface area contributed by atoms with Crippen LogP contribution in [0.4, 0.5) is 0 Å². The topological polar surface area (TPSA) is 35.2 Å². The lowest BCUT2D eigenvalue weighted by molar-refractivity contribution is -0.0394. The minimum absolute atomic E-state index is 0.517. The van der Waals surface area contributed by atoms with E-state index in [2.05, 4.69) is 20.8 Å². The first kappa shape index (κ1) is 16.0. The van der Waals surface area contributed by atoms with Gasteiger partial charge >= 0.3 is 0 Å². The third-order valence-electron chi connectivity index (χ3n) is 4.39. The monoisotopic (exact) mass is 255 g/mol. The SMILES string of the molecule is CC1CCC(C(C)C)C(OCCCCCCN)C1. The number of hydrogen-bond acceptors (Lipinski definition) is 2. The molecule has 0 saturated heterocycles. The molecule has 18 heavy (non-hydrogen) atoms. The quantitative estimate of drug-likeness (QED) is 0.666. The van der Waals surface area contributed by atoms with Crippen molar-refractivity contribution in [2.75, 3.05) is 13.2 Å². The van der Waals surface area contributed by atoms with E-state index >= 15 is 0 Å². The zero-order chi connectivity index (χ0) is 13.4. The van der Waals surface area contributed by atoms with Gasteiger partial charge in [-0.05, 0) is 50.0 Å². The normalized spacial score (nSPS) is 28.8. The molecular formula is C16H33NO. The minimum Gasteiger partial charge on any atom is -0.378 e. The lowest BCUT2D eigenvalue weighted by Gasteiger charge is -2.37. The Bertz CT molecular complexity index is 205. The molecule has 0 aliphatic heterocycles. The molecule has 1 rings (SSSR count). The molecule has 1 aliphatic rings. The van der Waals surface area contributed by atoms with Crippen LogP contribution in [-0.2, 0) is 4.74 Å². The number of ether oxygens (including phenoxy) is 1. The summed E-state index contributed by atoms with van der Waals surface area (Å²) in [5.74, 6) is 2.40. The van der Waals surface area contributed by atoms with E-state index in [1.165, 1.54) is 38.5 Å². The highest BCUT2D eigenvalue weighted by Crippen LogP contribution is 2.35. The van der Waals surface area contributed by atoms with E-state index in [-0.39, 0.29) is 0 Å². The van der Waals surface area contributed by atoms with E-state index in [9.17, 15) is 0 Å². The fourth-order valence-corrected chi connectivity index (χ4v) is 3.14. The van der Waals surface area contributed by atoms with Crippen LogP contribution in [0.1, 0.15) is 65.7 Å². The summed E-state index contributed by atoms with van der Waals surface area (Å²) < 4.78 is 6.18. The highest BCUT2D eigenvalue weighted by molar-refractivity contribution is 4.81. The van der Waals surface area contributed by atoms with Gasteiger partial charge in [-0.25, -0.2) is 0 Å². The second kappa shape index (κ2) is 8.92. The molecule has 0 aromatic carbocycles. The summed E-state index contributed by atoms with van der Waals surface area (Å²) in [5, 5.41) is 0. The van der Waals surface area contributed by atoms with Crippen LogP contribution < -0.4 is 5.73 Å². The molecule has 2 nitrogen and oxygen atoms in total. The Hall–Kier alpha value is -0.0800. The molecule has 0 bridgehead atoms. The molecule has 0 radical (unpaired) electrons. The van der Waals surface area contributed by atoms with Crippen LogP contribution in [0.2, 0.25) is 0 Å². The molecular weight excluding hydrogens is 222 g/mol. The highest BCUT2D eigenvalue weighted by atomic mass is 16.5. The first-order valence-corrected chi connectivity index (χ1v) is 7.96. The lowest BCUT2D eigenvalue weighted by atomic mass is 9.75.